The number of hydrogen-bond donors (Lipinski definition) is 0. The third-order valence-electron chi connectivity index (χ3n) is 5.19. The second-order valence-corrected chi connectivity index (χ2v) is 6.91. The van der Waals surface area contributed by atoms with Crippen LogP contribution in [-0.4, -0.2) is 36.0 Å². The Kier molecular flexibility index (Phi) is 3.76. The van der Waals surface area contributed by atoms with E-state index in [1.54, 1.807) is 6.20 Å². The van der Waals surface area contributed by atoms with Crippen molar-refractivity contribution in [2.75, 3.05) is 6.54 Å². The first-order valence-electron chi connectivity index (χ1n) is 8.63. The molecule has 0 bridgehead atoms. The van der Waals surface area contributed by atoms with E-state index in [1.807, 2.05) is 30.4 Å². The zero-order valence-electron chi connectivity index (χ0n) is 15.5. The highest BCUT2D eigenvalue weighted by molar-refractivity contribution is 5.55. The fraction of sp³-hybridized carbons (Fsp3) is 0.500. The molecule has 0 fully saturated rings. The van der Waals surface area contributed by atoms with Crippen molar-refractivity contribution in [3.8, 4) is 11.6 Å². The predicted molar refractivity (Wildman–Crippen MR) is 93.9 cm³/mol. The number of hydrogen-bond acceptors (Lipinski definition) is 5. The molecule has 0 aromatic carbocycles. The minimum absolute atomic E-state index is 0.616. The van der Waals surface area contributed by atoms with Gasteiger partial charge in [-0.2, -0.15) is 10.2 Å². The molecule has 0 saturated carbocycles. The molecular formula is C18H24N6O. The van der Waals surface area contributed by atoms with Crippen molar-refractivity contribution >= 4 is 0 Å². The first kappa shape index (κ1) is 16.1. The quantitative estimate of drug-likeness (QED) is 0.732. The molecule has 4 heterocycles. The predicted octanol–water partition coefficient (Wildman–Crippen LogP) is 2.29. The van der Waals surface area contributed by atoms with E-state index in [2.05, 4.69) is 33.9 Å². The lowest BCUT2D eigenvalue weighted by atomic mass is 10.0. The summed E-state index contributed by atoms with van der Waals surface area (Å²) in [4.78, 5) is 6.83. The van der Waals surface area contributed by atoms with E-state index in [0.717, 1.165) is 43.2 Å². The Labute approximate surface area is 147 Å². The molecule has 4 rings (SSSR count). The van der Waals surface area contributed by atoms with Gasteiger partial charge in [-0.1, -0.05) is 0 Å². The lowest BCUT2D eigenvalue weighted by molar-refractivity contribution is 0.242. The van der Waals surface area contributed by atoms with E-state index >= 15 is 0 Å². The van der Waals surface area contributed by atoms with Gasteiger partial charge >= 0.3 is 0 Å². The Hall–Kier alpha value is -2.41. The zero-order chi connectivity index (χ0) is 17.7. The molecular weight excluding hydrogens is 316 g/mol. The number of aryl methyl sites for hydroxylation is 4. The Balaban J connectivity index is 1.64. The molecule has 132 valence electrons. The molecule has 0 atom stereocenters. The van der Waals surface area contributed by atoms with Gasteiger partial charge in [0.25, 0.3) is 0 Å². The zero-order valence-corrected chi connectivity index (χ0v) is 15.5. The third-order valence-corrected chi connectivity index (χ3v) is 5.19. The Morgan fingerprint density at radius 1 is 1.12 bits per heavy atom. The standard InChI is InChI=1S/C18H24N6O/c1-11-8-19-18(25-11)17-15-10-24(7-6-16(15)23(5)21-17)9-14-12(2)20-22(4)13(14)3/h8H,6-7,9-10H2,1-5H3. The summed E-state index contributed by atoms with van der Waals surface area (Å²) in [6.45, 7) is 8.91. The summed E-state index contributed by atoms with van der Waals surface area (Å²) in [5.74, 6) is 1.42. The average molecular weight is 340 g/mol. The molecule has 0 spiro atoms. The van der Waals surface area contributed by atoms with Gasteiger partial charge in [0.05, 0.1) is 11.9 Å². The van der Waals surface area contributed by atoms with E-state index < -0.39 is 0 Å². The van der Waals surface area contributed by atoms with Crippen LogP contribution in [-0.2, 0) is 33.6 Å². The van der Waals surface area contributed by atoms with Gasteiger partial charge in [-0.15, -0.1) is 0 Å². The molecule has 3 aromatic rings. The highest BCUT2D eigenvalue weighted by Crippen LogP contribution is 2.30. The molecule has 25 heavy (non-hydrogen) atoms. The summed E-state index contributed by atoms with van der Waals surface area (Å²) in [5.41, 5.74) is 7.05. The van der Waals surface area contributed by atoms with Gasteiger partial charge < -0.3 is 4.42 Å². The first-order chi connectivity index (χ1) is 11.9. The number of fused-ring (bicyclic) bond motifs is 1. The summed E-state index contributed by atoms with van der Waals surface area (Å²) < 4.78 is 9.66. The minimum Gasteiger partial charge on any atom is -0.440 e. The normalized spacial score (nSPS) is 14.9. The molecule has 0 aliphatic carbocycles. The number of rotatable bonds is 3. The summed E-state index contributed by atoms with van der Waals surface area (Å²) in [6.07, 6.45) is 2.73. The Bertz CT molecular complexity index is 932. The smallest absolute Gasteiger partial charge is 0.247 e. The van der Waals surface area contributed by atoms with E-state index in [-0.39, 0.29) is 0 Å². The van der Waals surface area contributed by atoms with Gasteiger partial charge in [0.1, 0.15) is 5.76 Å². The Morgan fingerprint density at radius 3 is 2.56 bits per heavy atom. The maximum atomic E-state index is 5.73. The molecule has 0 saturated heterocycles. The molecule has 1 aliphatic heterocycles. The van der Waals surface area contributed by atoms with Crippen LogP contribution in [0.25, 0.3) is 11.6 Å². The van der Waals surface area contributed by atoms with Gasteiger partial charge in [-0.25, -0.2) is 4.98 Å². The van der Waals surface area contributed by atoms with Crippen LogP contribution < -0.4 is 0 Å². The number of aromatic nitrogens is 5. The lowest BCUT2D eigenvalue weighted by Gasteiger charge is -2.27. The van der Waals surface area contributed by atoms with Crippen molar-refractivity contribution in [2.45, 2.75) is 40.3 Å². The monoisotopic (exact) mass is 340 g/mol. The van der Waals surface area contributed by atoms with Crippen LogP contribution in [0.1, 0.15) is 34.0 Å². The van der Waals surface area contributed by atoms with E-state index in [4.69, 9.17) is 4.42 Å². The van der Waals surface area contributed by atoms with Crippen LogP contribution in [0.3, 0.4) is 0 Å². The van der Waals surface area contributed by atoms with E-state index in [0.29, 0.717) is 5.89 Å². The van der Waals surface area contributed by atoms with Crippen LogP contribution >= 0.6 is 0 Å². The average Bonchev–Trinajstić information content (AvgIpc) is 3.21. The largest absolute Gasteiger partial charge is 0.440 e. The van der Waals surface area contributed by atoms with Gasteiger partial charge in [0.15, 0.2) is 5.69 Å². The van der Waals surface area contributed by atoms with E-state index in [9.17, 15) is 0 Å². The highest BCUT2D eigenvalue weighted by Gasteiger charge is 2.27. The maximum absolute atomic E-state index is 5.73. The fourth-order valence-electron chi connectivity index (χ4n) is 3.69. The highest BCUT2D eigenvalue weighted by atomic mass is 16.4. The van der Waals surface area contributed by atoms with Crippen LogP contribution in [0, 0.1) is 20.8 Å². The molecule has 1 aliphatic rings. The van der Waals surface area contributed by atoms with Crippen LogP contribution in [0.2, 0.25) is 0 Å². The van der Waals surface area contributed by atoms with Gasteiger partial charge in [-0.3, -0.25) is 14.3 Å². The van der Waals surface area contributed by atoms with Crippen molar-refractivity contribution in [3.63, 3.8) is 0 Å². The molecule has 0 N–H and O–H groups in total. The summed E-state index contributed by atoms with van der Waals surface area (Å²) in [6, 6.07) is 0. The molecule has 3 aromatic heterocycles. The van der Waals surface area contributed by atoms with Crippen molar-refractivity contribution in [3.05, 3.63) is 40.2 Å². The van der Waals surface area contributed by atoms with Crippen LogP contribution in [0.5, 0.6) is 0 Å². The molecule has 0 amide bonds. The number of oxazole rings is 1. The van der Waals surface area contributed by atoms with Crippen molar-refractivity contribution in [1.82, 2.24) is 29.4 Å². The van der Waals surface area contributed by atoms with Crippen molar-refractivity contribution in [1.29, 1.82) is 0 Å². The molecule has 7 heteroatoms. The van der Waals surface area contributed by atoms with Crippen LogP contribution in [0.4, 0.5) is 0 Å². The third kappa shape index (κ3) is 2.68. The summed E-state index contributed by atoms with van der Waals surface area (Å²) >= 11 is 0. The minimum atomic E-state index is 0.616. The van der Waals surface area contributed by atoms with Crippen LogP contribution in [0.15, 0.2) is 10.6 Å². The molecule has 0 radical (unpaired) electrons. The van der Waals surface area contributed by atoms with Crippen molar-refractivity contribution < 1.29 is 4.42 Å². The van der Waals surface area contributed by atoms with E-state index in [1.165, 1.54) is 22.5 Å². The molecule has 7 nitrogen and oxygen atoms in total. The molecule has 0 unspecified atom stereocenters. The van der Waals surface area contributed by atoms with Gasteiger partial charge in [0.2, 0.25) is 5.89 Å². The van der Waals surface area contributed by atoms with Crippen molar-refractivity contribution in [2.24, 2.45) is 14.1 Å². The second kappa shape index (κ2) is 5.84. The lowest BCUT2D eigenvalue weighted by Crippen LogP contribution is -2.31. The maximum Gasteiger partial charge on any atom is 0.247 e. The van der Waals surface area contributed by atoms with Gasteiger partial charge in [-0.05, 0) is 20.8 Å². The number of nitrogens with zero attached hydrogens (tertiary/aromatic N) is 6. The summed E-state index contributed by atoms with van der Waals surface area (Å²) in [5, 5.41) is 9.21. The Morgan fingerprint density at radius 2 is 1.92 bits per heavy atom. The fourth-order valence-corrected chi connectivity index (χ4v) is 3.69. The topological polar surface area (TPSA) is 64.9 Å². The summed E-state index contributed by atoms with van der Waals surface area (Å²) in [7, 11) is 4.01. The van der Waals surface area contributed by atoms with Gasteiger partial charge in [0, 0.05) is 62.7 Å². The first-order valence-corrected chi connectivity index (χ1v) is 8.63. The SMILES string of the molecule is Cc1cnc(-c2nn(C)c3c2CN(Cc2c(C)nn(C)c2C)CC3)o1. The second-order valence-electron chi connectivity index (χ2n) is 6.91.